The van der Waals surface area contributed by atoms with Crippen molar-refractivity contribution >= 4 is 40.8 Å². The van der Waals surface area contributed by atoms with Gasteiger partial charge in [-0.2, -0.15) is 0 Å². The van der Waals surface area contributed by atoms with Crippen molar-refractivity contribution in [3.63, 3.8) is 0 Å². The number of carbonyl (C=O) groups excluding carboxylic acids is 3. The quantitative estimate of drug-likeness (QED) is 0.741. The van der Waals surface area contributed by atoms with Crippen LogP contribution in [0.1, 0.15) is 48.5 Å². The highest BCUT2D eigenvalue weighted by atomic mass is 35.5. The fourth-order valence-electron chi connectivity index (χ4n) is 4.40. The van der Waals surface area contributed by atoms with Gasteiger partial charge in [-0.05, 0) is 36.8 Å². The van der Waals surface area contributed by atoms with Crippen LogP contribution in [0.3, 0.4) is 0 Å². The highest BCUT2D eigenvalue weighted by Gasteiger charge is 2.49. The molecule has 1 aromatic rings. The van der Waals surface area contributed by atoms with E-state index in [-0.39, 0.29) is 21.6 Å². The Kier molecular flexibility index (Phi) is 4.24. The third-order valence-corrected chi connectivity index (χ3v) is 6.74. The number of Topliss-reactive ketones (excluding diaryl/α,β-unsaturated/α-hetero) is 1. The first kappa shape index (κ1) is 18.3. The van der Waals surface area contributed by atoms with Crippen molar-refractivity contribution in [3.05, 3.63) is 38.8 Å². The van der Waals surface area contributed by atoms with E-state index in [2.05, 4.69) is 0 Å². The lowest BCUT2D eigenvalue weighted by molar-refractivity contribution is -0.125. The predicted octanol–water partition coefficient (Wildman–Crippen LogP) is 3.73. The minimum absolute atomic E-state index is 0.0151. The molecule has 2 N–H and O–H groups in total. The predicted molar refractivity (Wildman–Crippen MR) is 98.0 cm³/mol. The first-order chi connectivity index (χ1) is 12.7. The maximum absolute atomic E-state index is 13.1. The van der Waals surface area contributed by atoms with Gasteiger partial charge in [0.1, 0.15) is 10.8 Å². The molecule has 1 aromatic carbocycles. The van der Waals surface area contributed by atoms with Crippen LogP contribution in [0.5, 0.6) is 5.75 Å². The van der Waals surface area contributed by atoms with Crippen LogP contribution in [-0.2, 0) is 16.0 Å². The minimum Gasteiger partial charge on any atom is -0.500 e. The van der Waals surface area contributed by atoms with Gasteiger partial charge in [-0.1, -0.05) is 43.0 Å². The van der Waals surface area contributed by atoms with E-state index >= 15 is 0 Å². The van der Waals surface area contributed by atoms with Gasteiger partial charge in [0.15, 0.2) is 5.78 Å². The molecule has 2 amide bonds. The van der Waals surface area contributed by atoms with E-state index in [9.17, 15) is 19.5 Å². The maximum atomic E-state index is 13.1. The van der Waals surface area contributed by atoms with E-state index in [1.807, 2.05) is 12.2 Å². The van der Waals surface area contributed by atoms with E-state index in [0.717, 1.165) is 25.7 Å². The van der Waals surface area contributed by atoms with Crippen LogP contribution in [0, 0.1) is 11.3 Å². The Morgan fingerprint density at radius 3 is 2.41 bits per heavy atom. The zero-order valence-corrected chi connectivity index (χ0v) is 16.0. The first-order valence-corrected chi connectivity index (χ1v) is 9.52. The number of fused-ring (bicyclic) bond motifs is 1. The summed E-state index contributed by atoms with van der Waals surface area (Å²) in [6, 6.07) is 1.57. The van der Waals surface area contributed by atoms with Crippen LogP contribution < -0.4 is 10.1 Å². The van der Waals surface area contributed by atoms with Gasteiger partial charge in [0.2, 0.25) is 11.5 Å². The Balaban J connectivity index is 1.74. The van der Waals surface area contributed by atoms with E-state index in [1.165, 1.54) is 0 Å². The minimum atomic E-state index is -0.942. The van der Waals surface area contributed by atoms with E-state index in [1.54, 1.807) is 6.07 Å². The molecule has 1 aliphatic heterocycles. The molecule has 3 aliphatic rings. The molecule has 27 heavy (non-hydrogen) atoms. The largest absolute Gasteiger partial charge is 0.500 e. The number of halogens is 2. The summed E-state index contributed by atoms with van der Waals surface area (Å²) in [6.07, 6.45) is 4.75. The molecular formula is C19H17Cl2NO5. The summed E-state index contributed by atoms with van der Waals surface area (Å²) >= 11 is 12.7. The number of aliphatic hydroxyl groups is 1. The van der Waals surface area contributed by atoms with E-state index < -0.39 is 28.7 Å². The van der Waals surface area contributed by atoms with Gasteiger partial charge in [-0.25, -0.2) is 0 Å². The van der Waals surface area contributed by atoms with Gasteiger partial charge in [-0.3, -0.25) is 19.7 Å². The summed E-state index contributed by atoms with van der Waals surface area (Å²) in [5.41, 5.74) is 0.559. The van der Waals surface area contributed by atoms with Gasteiger partial charge in [0.05, 0.1) is 5.02 Å². The second-order valence-corrected chi connectivity index (χ2v) is 8.26. The fourth-order valence-corrected chi connectivity index (χ4v) is 4.89. The van der Waals surface area contributed by atoms with Gasteiger partial charge in [0, 0.05) is 11.0 Å². The molecule has 142 valence electrons. The molecule has 0 spiro atoms. The molecule has 0 bridgehead atoms. The fraction of sp³-hybridized carbons (Fsp3) is 0.421. The highest BCUT2D eigenvalue weighted by Crippen LogP contribution is 2.52. The second kappa shape index (κ2) is 6.24. The standard InChI is InChI=1S/C19H17Cl2NO5/c1-19(9-4-2-3-5-9)7-8-6-10(12(20)13(21)11(8)16(19)24)27-15-14(23)17(25)22-18(15)26/h6,9H,2-5,7H2,1H3,(H2,22,23,25,26). The molecule has 6 nitrogen and oxygen atoms in total. The van der Waals surface area contributed by atoms with Crippen molar-refractivity contribution in [2.75, 3.05) is 0 Å². The number of imide groups is 1. The number of ketones is 1. The van der Waals surface area contributed by atoms with Crippen LogP contribution in [0.15, 0.2) is 17.6 Å². The molecule has 4 rings (SSSR count). The summed E-state index contributed by atoms with van der Waals surface area (Å²) in [5.74, 6) is -2.87. The Labute approximate surface area is 165 Å². The summed E-state index contributed by atoms with van der Waals surface area (Å²) in [7, 11) is 0. The highest BCUT2D eigenvalue weighted by molar-refractivity contribution is 6.45. The van der Waals surface area contributed by atoms with Crippen molar-refractivity contribution in [2.45, 2.75) is 39.0 Å². The summed E-state index contributed by atoms with van der Waals surface area (Å²) < 4.78 is 5.41. The number of benzene rings is 1. The number of hydrogen-bond acceptors (Lipinski definition) is 5. The van der Waals surface area contributed by atoms with Gasteiger partial charge < -0.3 is 9.84 Å². The molecule has 1 heterocycles. The van der Waals surface area contributed by atoms with Crippen LogP contribution >= 0.6 is 23.2 Å². The SMILES string of the molecule is CC1(C2CCCC2)Cc2cc(OC3=C(O)C(=O)NC3=O)c(Cl)c(Cl)c2C1=O. The Morgan fingerprint density at radius 1 is 1.15 bits per heavy atom. The van der Waals surface area contributed by atoms with Gasteiger partial charge >= 0.3 is 0 Å². The molecule has 1 fully saturated rings. The zero-order chi connectivity index (χ0) is 19.5. The number of ether oxygens (including phenoxy) is 1. The van der Waals surface area contributed by atoms with Crippen LogP contribution in [0.25, 0.3) is 0 Å². The molecule has 0 aromatic heterocycles. The lowest BCUT2D eigenvalue weighted by Gasteiger charge is -2.29. The van der Waals surface area contributed by atoms with Gasteiger partial charge in [0.25, 0.3) is 11.8 Å². The third-order valence-electron chi connectivity index (χ3n) is 5.89. The molecule has 0 radical (unpaired) electrons. The van der Waals surface area contributed by atoms with Crippen molar-refractivity contribution in [3.8, 4) is 5.75 Å². The molecule has 1 unspecified atom stereocenters. The third kappa shape index (κ3) is 2.65. The molecule has 0 saturated heterocycles. The topological polar surface area (TPSA) is 92.7 Å². The lowest BCUT2D eigenvalue weighted by Crippen LogP contribution is -2.32. The van der Waals surface area contributed by atoms with Crippen LogP contribution in [0.4, 0.5) is 0 Å². The van der Waals surface area contributed by atoms with E-state index in [4.69, 9.17) is 27.9 Å². The first-order valence-electron chi connectivity index (χ1n) is 8.76. The summed E-state index contributed by atoms with van der Waals surface area (Å²) in [6.45, 7) is 1.97. The molecular weight excluding hydrogens is 393 g/mol. The number of aliphatic hydroxyl groups excluding tert-OH is 1. The average Bonchev–Trinajstić information content (AvgIpc) is 3.29. The Bertz CT molecular complexity index is 933. The summed E-state index contributed by atoms with van der Waals surface area (Å²) in [5, 5.41) is 11.7. The number of carbonyl (C=O) groups is 3. The monoisotopic (exact) mass is 409 g/mol. The normalized spacial score (nSPS) is 25.4. The van der Waals surface area contributed by atoms with Crippen molar-refractivity contribution < 1.29 is 24.2 Å². The number of nitrogens with one attached hydrogen (secondary N) is 1. The molecule has 8 heteroatoms. The van der Waals surface area contributed by atoms with Crippen molar-refractivity contribution in [2.24, 2.45) is 11.3 Å². The zero-order valence-electron chi connectivity index (χ0n) is 14.5. The number of rotatable bonds is 3. The number of hydrogen-bond donors (Lipinski definition) is 2. The Hall–Kier alpha value is -2.05. The molecule has 1 saturated carbocycles. The molecule has 2 aliphatic carbocycles. The van der Waals surface area contributed by atoms with Crippen LogP contribution in [0.2, 0.25) is 10.0 Å². The van der Waals surface area contributed by atoms with Crippen molar-refractivity contribution in [1.82, 2.24) is 5.32 Å². The van der Waals surface area contributed by atoms with Crippen molar-refractivity contribution in [1.29, 1.82) is 0 Å². The van der Waals surface area contributed by atoms with Gasteiger partial charge in [-0.15, -0.1) is 0 Å². The second-order valence-electron chi connectivity index (χ2n) is 7.50. The number of amides is 2. The molecule has 1 atom stereocenters. The maximum Gasteiger partial charge on any atom is 0.298 e. The Morgan fingerprint density at radius 2 is 1.81 bits per heavy atom. The van der Waals surface area contributed by atoms with Crippen LogP contribution in [-0.4, -0.2) is 22.7 Å². The van der Waals surface area contributed by atoms with E-state index in [0.29, 0.717) is 23.5 Å². The average molecular weight is 410 g/mol. The lowest BCUT2D eigenvalue weighted by atomic mass is 9.73. The summed E-state index contributed by atoms with van der Waals surface area (Å²) in [4.78, 5) is 36.3. The smallest absolute Gasteiger partial charge is 0.298 e.